The van der Waals surface area contributed by atoms with Gasteiger partial charge in [0.05, 0.1) is 12.3 Å². The zero-order valence-corrected chi connectivity index (χ0v) is 17.9. The second kappa shape index (κ2) is 7.88. The lowest BCUT2D eigenvalue weighted by molar-refractivity contribution is 0.331. The van der Waals surface area contributed by atoms with Gasteiger partial charge in [0.15, 0.2) is 0 Å². The third-order valence-corrected chi connectivity index (χ3v) is 6.17. The largest absolute Gasteiger partial charge is 0.492 e. The minimum absolute atomic E-state index is 0.0758. The summed E-state index contributed by atoms with van der Waals surface area (Å²) in [6.07, 6.45) is 3.82. The average molecular weight is 472 g/mol. The highest BCUT2D eigenvalue weighted by Crippen LogP contribution is 2.30. The van der Waals surface area contributed by atoms with Gasteiger partial charge in [-0.25, -0.2) is 13.4 Å². The maximum atomic E-state index is 13.0. The highest BCUT2D eigenvalue weighted by Gasteiger charge is 2.21. The molecule has 2 heterocycles. The maximum absolute atomic E-state index is 13.0. The molecule has 0 radical (unpaired) electrons. The van der Waals surface area contributed by atoms with E-state index in [1.165, 1.54) is 6.07 Å². The van der Waals surface area contributed by atoms with Crippen molar-refractivity contribution in [1.29, 1.82) is 0 Å². The Hall–Kier alpha value is -2.84. The van der Waals surface area contributed by atoms with E-state index in [1.807, 2.05) is 48.0 Å². The number of hydrogen-bond acceptors (Lipinski definition) is 4. The summed E-state index contributed by atoms with van der Waals surface area (Å²) in [4.78, 5) is 4.66. The molecule has 2 aromatic carbocycles. The number of aromatic nitrogens is 2. The molecule has 4 aromatic rings. The number of rotatable bonds is 6. The number of sulfonamides is 1. The van der Waals surface area contributed by atoms with Gasteiger partial charge < -0.3 is 9.14 Å². The first-order valence-corrected chi connectivity index (χ1v) is 11.2. The Labute approximate surface area is 177 Å². The highest BCUT2D eigenvalue weighted by atomic mass is 79.9. The number of ether oxygens (including phenoxy) is 1. The van der Waals surface area contributed by atoms with Crippen molar-refractivity contribution in [1.82, 2.24) is 9.38 Å². The monoisotopic (exact) mass is 471 g/mol. The van der Waals surface area contributed by atoms with Gasteiger partial charge in [-0.2, -0.15) is 0 Å². The molecule has 2 aromatic heterocycles. The Bertz CT molecular complexity index is 1250. The summed E-state index contributed by atoms with van der Waals surface area (Å²) in [6, 6.07) is 17.8. The van der Waals surface area contributed by atoms with Crippen LogP contribution in [0.3, 0.4) is 0 Å². The lowest BCUT2D eigenvalue weighted by Gasteiger charge is -2.13. The summed E-state index contributed by atoms with van der Waals surface area (Å²) in [5.74, 6) is 0.305. The van der Waals surface area contributed by atoms with Crippen LogP contribution in [0.1, 0.15) is 6.92 Å². The molecule has 0 aliphatic carbocycles. The number of nitrogens with one attached hydrogen (secondary N) is 1. The molecule has 0 atom stereocenters. The molecule has 1 N–H and O–H groups in total. The van der Waals surface area contributed by atoms with Crippen LogP contribution < -0.4 is 9.46 Å². The molecule has 4 rings (SSSR count). The Morgan fingerprint density at radius 3 is 2.76 bits per heavy atom. The minimum atomic E-state index is -3.84. The van der Waals surface area contributed by atoms with E-state index in [0.717, 1.165) is 16.9 Å². The van der Waals surface area contributed by atoms with Crippen molar-refractivity contribution in [2.24, 2.45) is 0 Å². The first kappa shape index (κ1) is 19.5. The van der Waals surface area contributed by atoms with E-state index in [-0.39, 0.29) is 4.90 Å². The molecule has 0 amide bonds. The molecular weight excluding hydrogens is 454 g/mol. The topological polar surface area (TPSA) is 72.7 Å². The SMILES string of the molecule is CCOc1ccc(Br)cc1S(=O)(=O)Nc1cccc(-c2cn3ccccc3n2)c1. The summed E-state index contributed by atoms with van der Waals surface area (Å²) in [5.41, 5.74) is 2.84. The number of imidazole rings is 1. The maximum Gasteiger partial charge on any atom is 0.265 e. The summed E-state index contributed by atoms with van der Waals surface area (Å²) in [7, 11) is -3.84. The van der Waals surface area contributed by atoms with Crippen LogP contribution in [-0.2, 0) is 10.0 Å². The molecule has 0 spiro atoms. The molecule has 0 fully saturated rings. The molecule has 0 saturated heterocycles. The van der Waals surface area contributed by atoms with E-state index in [4.69, 9.17) is 4.74 Å². The second-order valence-electron chi connectivity index (χ2n) is 6.30. The van der Waals surface area contributed by atoms with E-state index >= 15 is 0 Å². The van der Waals surface area contributed by atoms with Gasteiger partial charge in [-0.1, -0.05) is 34.1 Å². The number of fused-ring (bicyclic) bond motifs is 1. The van der Waals surface area contributed by atoms with Crippen LogP contribution in [0.15, 0.2) is 82.4 Å². The quantitative estimate of drug-likeness (QED) is 0.431. The Morgan fingerprint density at radius 1 is 1.10 bits per heavy atom. The number of benzene rings is 2. The number of nitrogens with zero attached hydrogens (tertiary/aromatic N) is 2. The lowest BCUT2D eigenvalue weighted by atomic mass is 10.1. The van der Waals surface area contributed by atoms with Crippen molar-refractivity contribution in [3.8, 4) is 17.0 Å². The van der Waals surface area contributed by atoms with E-state index in [1.54, 1.807) is 30.3 Å². The molecule has 0 unspecified atom stereocenters. The summed E-state index contributed by atoms with van der Waals surface area (Å²) in [6.45, 7) is 2.18. The standard InChI is InChI=1S/C21H18BrN3O3S/c1-2-28-19-10-9-16(22)13-20(19)29(26,27)24-17-7-5-6-15(12-17)18-14-25-11-4-3-8-21(25)23-18/h3-14,24H,2H2,1H3. The second-order valence-corrected chi connectivity index (χ2v) is 8.87. The summed E-state index contributed by atoms with van der Waals surface area (Å²) >= 11 is 3.33. The first-order valence-electron chi connectivity index (χ1n) is 8.95. The molecular formula is C21H18BrN3O3S. The smallest absolute Gasteiger partial charge is 0.265 e. The van der Waals surface area contributed by atoms with Gasteiger partial charge in [0.25, 0.3) is 10.0 Å². The Kier molecular flexibility index (Phi) is 5.29. The Morgan fingerprint density at radius 2 is 1.97 bits per heavy atom. The fourth-order valence-corrected chi connectivity index (χ4v) is 4.73. The van der Waals surface area contributed by atoms with Crippen molar-refractivity contribution in [2.45, 2.75) is 11.8 Å². The number of halogens is 1. The van der Waals surface area contributed by atoms with Crippen LogP contribution in [0.25, 0.3) is 16.9 Å². The zero-order valence-electron chi connectivity index (χ0n) is 15.5. The lowest BCUT2D eigenvalue weighted by Crippen LogP contribution is -2.14. The molecule has 0 aliphatic heterocycles. The van der Waals surface area contributed by atoms with Gasteiger partial charge in [0.2, 0.25) is 0 Å². The van der Waals surface area contributed by atoms with Gasteiger partial charge in [-0.05, 0) is 49.4 Å². The normalized spacial score (nSPS) is 11.5. The third-order valence-electron chi connectivity index (χ3n) is 4.27. The molecule has 0 aliphatic rings. The van der Waals surface area contributed by atoms with Crippen LogP contribution in [0.2, 0.25) is 0 Å². The van der Waals surface area contributed by atoms with Crippen LogP contribution in [0, 0.1) is 0 Å². The van der Waals surface area contributed by atoms with Crippen LogP contribution in [0.5, 0.6) is 5.75 Å². The molecule has 148 valence electrons. The molecule has 8 heteroatoms. The summed E-state index contributed by atoms with van der Waals surface area (Å²) in [5, 5.41) is 0. The minimum Gasteiger partial charge on any atom is -0.492 e. The Balaban J connectivity index is 1.68. The number of hydrogen-bond donors (Lipinski definition) is 1. The molecule has 0 bridgehead atoms. The van der Waals surface area contributed by atoms with Gasteiger partial charge in [-0.15, -0.1) is 0 Å². The van der Waals surface area contributed by atoms with Crippen LogP contribution in [-0.4, -0.2) is 24.4 Å². The highest BCUT2D eigenvalue weighted by molar-refractivity contribution is 9.10. The van der Waals surface area contributed by atoms with Gasteiger partial charge in [0.1, 0.15) is 16.3 Å². The average Bonchev–Trinajstić information content (AvgIpc) is 3.14. The fraction of sp³-hybridized carbons (Fsp3) is 0.0952. The van der Waals surface area contributed by atoms with Crippen molar-refractivity contribution >= 4 is 37.3 Å². The van der Waals surface area contributed by atoms with Crippen molar-refractivity contribution in [3.63, 3.8) is 0 Å². The van der Waals surface area contributed by atoms with Gasteiger partial charge in [-0.3, -0.25) is 4.72 Å². The van der Waals surface area contributed by atoms with Crippen LogP contribution in [0.4, 0.5) is 5.69 Å². The molecule has 6 nitrogen and oxygen atoms in total. The van der Waals surface area contributed by atoms with Crippen LogP contribution >= 0.6 is 15.9 Å². The predicted molar refractivity (Wildman–Crippen MR) is 117 cm³/mol. The predicted octanol–water partition coefficient (Wildman–Crippen LogP) is 4.96. The van der Waals surface area contributed by atoms with Crippen molar-refractivity contribution < 1.29 is 13.2 Å². The fourth-order valence-electron chi connectivity index (χ4n) is 2.99. The number of pyridine rings is 1. The third kappa shape index (κ3) is 4.13. The molecule has 0 saturated carbocycles. The number of anilines is 1. The van der Waals surface area contributed by atoms with E-state index in [0.29, 0.717) is 22.5 Å². The van der Waals surface area contributed by atoms with Gasteiger partial charge >= 0.3 is 0 Å². The summed E-state index contributed by atoms with van der Waals surface area (Å²) < 4.78 is 36.7. The first-order chi connectivity index (χ1) is 14.0. The zero-order chi connectivity index (χ0) is 20.4. The van der Waals surface area contributed by atoms with E-state index in [2.05, 4.69) is 25.6 Å². The van der Waals surface area contributed by atoms with E-state index < -0.39 is 10.0 Å². The van der Waals surface area contributed by atoms with Crippen molar-refractivity contribution in [3.05, 3.63) is 77.5 Å². The van der Waals surface area contributed by atoms with E-state index in [9.17, 15) is 8.42 Å². The van der Waals surface area contributed by atoms with Gasteiger partial charge in [0, 0.05) is 28.1 Å². The molecule has 29 heavy (non-hydrogen) atoms. The van der Waals surface area contributed by atoms with Crippen molar-refractivity contribution in [2.75, 3.05) is 11.3 Å².